The van der Waals surface area contributed by atoms with Crippen molar-refractivity contribution in [2.75, 3.05) is 20.3 Å². The monoisotopic (exact) mass is 328 g/mol. The van der Waals surface area contributed by atoms with Gasteiger partial charge in [0.15, 0.2) is 0 Å². The molecule has 1 aliphatic rings. The molecule has 0 radical (unpaired) electrons. The van der Waals surface area contributed by atoms with Gasteiger partial charge in [0.2, 0.25) is 5.88 Å². The standard InChI is InChI=1S/C18H20N2O4/c1-11-4-6-13(7-5-11)16-14(10-19)17(20)24-12(2)15(16)18(21)23-9-8-22-3/h4-7,16H,8-9,20H2,1-3H3. The number of hydrogen-bond donors (Lipinski definition) is 1. The normalized spacial score (nSPS) is 17.3. The largest absolute Gasteiger partial charge is 0.460 e. The molecule has 0 bridgehead atoms. The Morgan fingerprint density at radius 1 is 1.29 bits per heavy atom. The summed E-state index contributed by atoms with van der Waals surface area (Å²) in [6.45, 7) is 4.00. The van der Waals surface area contributed by atoms with Crippen LogP contribution in [0.25, 0.3) is 0 Å². The van der Waals surface area contributed by atoms with E-state index in [4.69, 9.17) is 19.9 Å². The molecule has 1 aromatic carbocycles. The van der Waals surface area contributed by atoms with E-state index in [1.54, 1.807) is 6.92 Å². The second-order valence-electron chi connectivity index (χ2n) is 5.43. The van der Waals surface area contributed by atoms with Crippen LogP contribution in [0.1, 0.15) is 24.0 Å². The summed E-state index contributed by atoms with van der Waals surface area (Å²) in [5.41, 5.74) is 8.18. The van der Waals surface area contributed by atoms with Crippen molar-refractivity contribution in [2.24, 2.45) is 5.73 Å². The highest BCUT2D eigenvalue weighted by Crippen LogP contribution is 2.39. The van der Waals surface area contributed by atoms with Crippen molar-refractivity contribution in [1.29, 1.82) is 5.26 Å². The lowest BCUT2D eigenvalue weighted by molar-refractivity contribution is -0.140. The number of carbonyl (C=O) groups is 1. The zero-order valence-corrected chi connectivity index (χ0v) is 14.0. The van der Waals surface area contributed by atoms with Crippen molar-refractivity contribution in [3.8, 4) is 6.07 Å². The Balaban J connectivity index is 2.45. The Labute approximate surface area is 141 Å². The van der Waals surface area contributed by atoms with E-state index >= 15 is 0 Å². The molecule has 1 heterocycles. The molecule has 0 spiro atoms. The number of nitriles is 1. The molecule has 126 valence electrons. The lowest BCUT2D eigenvalue weighted by atomic mass is 9.83. The van der Waals surface area contributed by atoms with Crippen molar-refractivity contribution in [1.82, 2.24) is 0 Å². The highest BCUT2D eigenvalue weighted by Gasteiger charge is 2.36. The number of aryl methyl sites for hydroxylation is 1. The smallest absolute Gasteiger partial charge is 0.338 e. The second kappa shape index (κ2) is 7.66. The van der Waals surface area contributed by atoms with Crippen LogP contribution < -0.4 is 5.73 Å². The number of nitrogens with zero attached hydrogens (tertiary/aromatic N) is 1. The van der Waals surface area contributed by atoms with Crippen LogP contribution in [-0.4, -0.2) is 26.3 Å². The van der Waals surface area contributed by atoms with E-state index in [0.29, 0.717) is 5.76 Å². The van der Waals surface area contributed by atoms with Crippen LogP contribution in [0, 0.1) is 18.3 Å². The minimum atomic E-state index is -0.612. The minimum Gasteiger partial charge on any atom is -0.460 e. The summed E-state index contributed by atoms with van der Waals surface area (Å²) >= 11 is 0. The number of nitrogens with two attached hydrogens (primary N) is 1. The maximum atomic E-state index is 12.5. The summed E-state index contributed by atoms with van der Waals surface area (Å²) in [5.74, 6) is -0.816. The molecular weight excluding hydrogens is 308 g/mol. The van der Waals surface area contributed by atoms with Gasteiger partial charge in [-0.05, 0) is 19.4 Å². The molecule has 0 fully saturated rings. The number of hydrogen-bond acceptors (Lipinski definition) is 6. The number of rotatable bonds is 5. The molecule has 6 heteroatoms. The molecule has 2 N–H and O–H groups in total. The van der Waals surface area contributed by atoms with Gasteiger partial charge in [0.25, 0.3) is 0 Å². The molecule has 0 saturated carbocycles. The summed E-state index contributed by atoms with van der Waals surface area (Å²) in [6.07, 6.45) is 0. The first-order valence-electron chi connectivity index (χ1n) is 7.50. The van der Waals surface area contributed by atoms with E-state index in [1.165, 1.54) is 7.11 Å². The molecule has 0 amide bonds. The van der Waals surface area contributed by atoms with Crippen molar-refractivity contribution in [3.63, 3.8) is 0 Å². The highest BCUT2D eigenvalue weighted by atomic mass is 16.6. The fraction of sp³-hybridized carbons (Fsp3) is 0.333. The number of benzene rings is 1. The number of esters is 1. The van der Waals surface area contributed by atoms with Crippen molar-refractivity contribution < 1.29 is 19.0 Å². The predicted octanol–water partition coefficient (Wildman–Crippen LogP) is 2.27. The van der Waals surface area contributed by atoms with E-state index in [1.807, 2.05) is 31.2 Å². The second-order valence-corrected chi connectivity index (χ2v) is 5.43. The molecule has 1 atom stereocenters. The van der Waals surface area contributed by atoms with Gasteiger partial charge in [-0.15, -0.1) is 0 Å². The van der Waals surface area contributed by atoms with E-state index in [2.05, 4.69) is 6.07 Å². The van der Waals surface area contributed by atoms with E-state index in [-0.39, 0.29) is 30.2 Å². The quantitative estimate of drug-likeness (QED) is 0.658. The van der Waals surface area contributed by atoms with E-state index in [0.717, 1.165) is 11.1 Å². The molecule has 1 aliphatic heterocycles. The molecule has 0 saturated heterocycles. The first kappa shape index (κ1) is 17.6. The fourth-order valence-corrected chi connectivity index (χ4v) is 2.53. The predicted molar refractivity (Wildman–Crippen MR) is 87.4 cm³/mol. The Morgan fingerprint density at radius 3 is 2.54 bits per heavy atom. The lowest BCUT2D eigenvalue weighted by Gasteiger charge is -2.27. The van der Waals surface area contributed by atoms with Gasteiger partial charge in [-0.3, -0.25) is 0 Å². The molecule has 2 rings (SSSR count). The topological polar surface area (TPSA) is 94.6 Å². The maximum Gasteiger partial charge on any atom is 0.338 e. The molecule has 1 unspecified atom stereocenters. The van der Waals surface area contributed by atoms with Crippen molar-refractivity contribution in [2.45, 2.75) is 19.8 Å². The van der Waals surface area contributed by atoms with Gasteiger partial charge in [-0.1, -0.05) is 29.8 Å². The molecule has 6 nitrogen and oxygen atoms in total. The van der Waals surface area contributed by atoms with Gasteiger partial charge >= 0.3 is 5.97 Å². The third kappa shape index (κ3) is 3.58. The summed E-state index contributed by atoms with van der Waals surface area (Å²) in [6, 6.07) is 9.62. The minimum absolute atomic E-state index is 0.00835. The SMILES string of the molecule is COCCOC(=O)C1=C(C)OC(N)=C(C#N)C1c1ccc(C)cc1. The van der Waals surface area contributed by atoms with Gasteiger partial charge in [0, 0.05) is 7.11 Å². The summed E-state index contributed by atoms with van der Waals surface area (Å²) in [7, 11) is 1.52. The van der Waals surface area contributed by atoms with Crippen LogP contribution in [-0.2, 0) is 19.0 Å². The number of methoxy groups -OCH3 is 1. The Kier molecular flexibility index (Phi) is 5.61. The fourth-order valence-electron chi connectivity index (χ4n) is 2.53. The van der Waals surface area contributed by atoms with Crippen LogP contribution >= 0.6 is 0 Å². The molecule has 1 aromatic rings. The van der Waals surface area contributed by atoms with Gasteiger partial charge in [0.1, 0.15) is 24.0 Å². The summed E-state index contributed by atoms with van der Waals surface area (Å²) < 4.78 is 15.5. The number of ether oxygens (including phenoxy) is 3. The maximum absolute atomic E-state index is 12.5. The Morgan fingerprint density at radius 2 is 1.96 bits per heavy atom. The zero-order chi connectivity index (χ0) is 17.7. The first-order valence-corrected chi connectivity index (χ1v) is 7.50. The Bertz CT molecular complexity index is 726. The van der Waals surface area contributed by atoms with Gasteiger partial charge in [-0.25, -0.2) is 4.79 Å². The van der Waals surface area contributed by atoms with Crippen LogP contribution in [0.3, 0.4) is 0 Å². The van der Waals surface area contributed by atoms with Gasteiger partial charge in [0.05, 0.1) is 18.1 Å². The van der Waals surface area contributed by atoms with Crippen molar-refractivity contribution in [3.05, 3.63) is 58.2 Å². The first-order chi connectivity index (χ1) is 11.5. The average Bonchev–Trinajstić information content (AvgIpc) is 2.55. The summed E-state index contributed by atoms with van der Waals surface area (Å²) in [5, 5.41) is 9.49. The van der Waals surface area contributed by atoms with Crippen LogP contribution in [0.4, 0.5) is 0 Å². The number of allylic oxidation sites excluding steroid dienone is 2. The van der Waals surface area contributed by atoms with E-state index in [9.17, 15) is 10.1 Å². The lowest BCUT2D eigenvalue weighted by Crippen LogP contribution is -2.26. The Hall–Kier alpha value is -2.78. The number of carbonyl (C=O) groups excluding carboxylic acids is 1. The average molecular weight is 328 g/mol. The molecular formula is C18H20N2O4. The molecule has 24 heavy (non-hydrogen) atoms. The van der Waals surface area contributed by atoms with Gasteiger partial charge in [-0.2, -0.15) is 5.26 Å². The zero-order valence-electron chi connectivity index (χ0n) is 14.0. The van der Waals surface area contributed by atoms with Crippen LogP contribution in [0.5, 0.6) is 0 Å². The third-order valence-corrected chi connectivity index (χ3v) is 3.76. The van der Waals surface area contributed by atoms with Crippen LogP contribution in [0.15, 0.2) is 47.1 Å². The van der Waals surface area contributed by atoms with Crippen LogP contribution in [0.2, 0.25) is 0 Å². The third-order valence-electron chi connectivity index (χ3n) is 3.76. The summed E-state index contributed by atoms with van der Waals surface area (Å²) in [4.78, 5) is 12.5. The van der Waals surface area contributed by atoms with E-state index < -0.39 is 11.9 Å². The molecule has 0 aromatic heterocycles. The van der Waals surface area contributed by atoms with Crippen molar-refractivity contribution >= 4 is 5.97 Å². The van der Waals surface area contributed by atoms with Gasteiger partial charge < -0.3 is 19.9 Å². The highest BCUT2D eigenvalue weighted by molar-refractivity contribution is 5.92. The molecule has 0 aliphatic carbocycles.